The zero-order chi connectivity index (χ0) is 15.5. The molecule has 2 N–H and O–H groups in total. The summed E-state index contributed by atoms with van der Waals surface area (Å²) in [7, 11) is 0. The molecule has 3 aliphatic rings. The summed E-state index contributed by atoms with van der Waals surface area (Å²) in [6, 6.07) is 0.662. The van der Waals surface area contributed by atoms with Gasteiger partial charge in [-0.1, -0.05) is 6.92 Å². The highest BCUT2D eigenvalue weighted by molar-refractivity contribution is 5.85. The molecule has 1 saturated heterocycles. The Balaban J connectivity index is 0.00000192. The third-order valence-electron chi connectivity index (χ3n) is 5.96. The van der Waals surface area contributed by atoms with E-state index in [2.05, 4.69) is 11.8 Å². The van der Waals surface area contributed by atoms with E-state index < -0.39 is 0 Å². The van der Waals surface area contributed by atoms with Gasteiger partial charge in [-0.05, 0) is 63.7 Å². The van der Waals surface area contributed by atoms with Crippen LogP contribution in [0.25, 0.3) is 0 Å². The molecule has 3 fully saturated rings. The molecule has 0 spiro atoms. The van der Waals surface area contributed by atoms with Crippen LogP contribution in [0.15, 0.2) is 0 Å². The van der Waals surface area contributed by atoms with Crippen LogP contribution >= 0.6 is 12.4 Å². The first-order chi connectivity index (χ1) is 10.6. The van der Waals surface area contributed by atoms with Gasteiger partial charge in [-0.2, -0.15) is 0 Å². The van der Waals surface area contributed by atoms with Crippen LogP contribution in [0.4, 0.5) is 0 Å². The summed E-state index contributed by atoms with van der Waals surface area (Å²) in [6.07, 6.45) is 10.2. The first kappa shape index (κ1) is 19.0. The van der Waals surface area contributed by atoms with Gasteiger partial charge in [0.25, 0.3) is 0 Å². The predicted octanol–water partition coefficient (Wildman–Crippen LogP) is 3.12. The largest absolute Gasteiger partial charge is 0.376 e. The zero-order valence-corrected chi connectivity index (χ0v) is 15.2. The lowest BCUT2D eigenvalue weighted by Crippen LogP contribution is -2.48. The Hall–Kier alpha value is -0.320. The number of rotatable bonds is 4. The van der Waals surface area contributed by atoms with Gasteiger partial charge >= 0.3 is 0 Å². The second-order valence-electron chi connectivity index (χ2n) is 7.81. The Morgan fingerprint density at radius 1 is 1.13 bits per heavy atom. The first-order valence-electron chi connectivity index (χ1n) is 9.31. The molecule has 0 aromatic carbocycles. The average Bonchev–Trinajstić information content (AvgIpc) is 3.17. The van der Waals surface area contributed by atoms with Crippen molar-refractivity contribution in [2.75, 3.05) is 13.2 Å². The normalized spacial score (nSPS) is 37.4. The topological polar surface area (TPSA) is 55.6 Å². The van der Waals surface area contributed by atoms with Gasteiger partial charge in [-0.25, -0.2) is 0 Å². The van der Waals surface area contributed by atoms with E-state index in [0.29, 0.717) is 11.9 Å². The van der Waals surface area contributed by atoms with Gasteiger partial charge < -0.3 is 15.4 Å². The number of ether oxygens (including phenoxy) is 1. The van der Waals surface area contributed by atoms with Crippen LogP contribution in [-0.2, 0) is 9.53 Å². The maximum absolute atomic E-state index is 13.1. The van der Waals surface area contributed by atoms with Gasteiger partial charge in [0, 0.05) is 31.2 Å². The fraction of sp³-hybridized carbons (Fsp3) is 0.944. The summed E-state index contributed by atoms with van der Waals surface area (Å²) < 4.78 is 5.81. The third kappa shape index (κ3) is 4.83. The van der Waals surface area contributed by atoms with E-state index in [9.17, 15) is 4.79 Å². The minimum absolute atomic E-state index is 0. The lowest BCUT2D eigenvalue weighted by Gasteiger charge is -2.38. The van der Waals surface area contributed by atoms with Crippen LogP contribution in [-0.4, -0.2) is 42.1 Å². The van der Waals surface area contributed by atoms with Crippen LogP contribution in [0.2, 0.25) is 0 Å². The van der Waals surface area contributed by atoms with E-state index in [4.69, 9.17) is 10.5 Å². The molecule has 4 nitrogen and oxygen atoms in total. The summed E-state index contributed by atoms with van der Waals surface area (Å²) in [5.74, 6) is 1.34. The fourth-order valence-corrected chi connectivity index (χ4v) is 4.46. The van der Waals surface area contributed by atoms with E-state index in [0.717, 1.165) is 51.2 Å². The number of hydrogen-bond acceptors (Lipinski definition) is 3. The van der Waals surface area contributed by atoms with Gasteiger partial charge in [0.2, 0.25) is 5.91 Å². The predicted molar refractivity (Wildman–Crippen MR) is 94.7 cm³/mol. The Kier molecular flexibility index (Phi) is 7.18. The van der Waals surface area contributed by atoms with E-state index in [1.165, 1.54) is 25.7 Å². The van der Waals surface area contributed by atoms with Crippen LogP contribution in [0.1, 0.15) is 64.7 Å². The molecule has 23 heavy (non-hydrogen) atoms. The summed E-state index contributed by atoms with van der Waals surface area (Å²) >= 11 is 0. The molecule has 3 unspecified atom stereocenters. The Bertz CT molecular complexity index is 379. The van der Waals surface area contributed by atoms with E-state index in [1.807, 2.05) is 0 Å². The minimum atomic E-state index is 0. The minimum Gasteiger partial charge on any atom is -0.376 e. The molecule has 134 valence electrons. The van der Waals surface area contributed by atoms with E-state index in [1.54, 1.807) is 0 Å². The van der Waals surface area contributed by atoms with E-state index >= 15 is 0 Å². The van der Waals surface area contributed by atoms with Gasteiger partial charge in [0.15, 0.2) is 0 Å². The van der Waals surface area contributed by atoms with Crippen LogP contribution in [0, 0.1) is 11.8 Å². The molecule has 1 heterocycles. The standard InChI is InChI=1S/C18H32N2O2.ClH/c1-13-4-8-16(9-5-13)20(12-17-3-2-10-22-17)18(21)14-6-7-15(19)11-14;/h13-17H,2-12,19H2,1H3;1H. The number of hydrogen-bond donors (Lipinski definition) is 1. The van der Waals surface area contributed by atoms with Crippen molar-refractivity contribution in [3.8, 4) is 0 Å². The van der Waals surface area contributed by atoms with Crippen molar-refractivity contribution in [1.82, 2.24) is 4.90 Å². The maximum atomic E-state index is 13.1. The molecule has 3 atom stereocenters. The highest BCUT2D eigenvalue weighted by Crippen LogP contribution is 2.32. The van der Waals surface area contributed by atoms with Crippen LogP contribution < -0.4 is 5.73 Å². The number of carbonyl (C=O) groups is 1. The second kappa shape index (κ2) is 8.68. The summed E-state index contributed by atoms with van der Waals surface area (Å²) in [5.41, 5.74) is 6.03. The van der Waals surface area contributed by atoms with Crippen molar-refractivity contribution in [2.24, 2.45) is 17.6 Å². The smallest absolute Gasteiger partial charge is 0.226 e. The fourth-order valence-electron chi connectivity index (χ4n) is 4.46. The quantitative estimate of drug-likeness (QED) is 0.852. The lowest BCUT2D eigenvalue weighted by molar-refractivity contribution is -0.140. The van der Waals surface area contributed by atoms with Gasteiger partial charge in [0.05, 0.1) is 6.10 Å². The maximum Gasteiger partial charge on any atom is 0.226 e. The molecule has 2 aliphatic carbocycles. The average molecular weight is 345 g/mol. The van der Waals surface area contributed by atoms with Crippen LogP contribution in [0.3, 0.4) is 0 Å². The first-order valence-corrected chi connectivity index (χ1v) is 9.31. The molecule has 0 aromatic heterocycles. The zero-order valence-electron chi connectivity index (χ0n) is 14.4. The number of amides is 1. The molecular formula is C18H33ClN2O2. The van der Waals surface area contributed by atoms with Gasteiger partial charge in [-0.3, -0.25) is 4.79 Å². The van der Waals surface area contributed by atoms with Crippen molar-refractivity contribution in [1.29, 1.82) is 0 Å². The van der Waals surface area contributed by atoms with Crippen molar-refractivity contribution in [2.45, 2.75) is 82.9 Å². The molecule has 1 aliphatic heterocycles. The number of nitrogens with two attached hydrogens (primary N) is 1. The molecule has 0 aromatic rings. The number of carbonyl (C=O) groups excluding carboxylic acids is 1. The molecule has 1 amide bonds. The highest BCUT2D eigenvalue weighted by Gasteiger charge is 2.36. The van der Waals surface area contributed by atoms with Crippen LogP contribution in [0.5, 0.6) is 0 Å². The van der Waals surface area contributed by atoms with Crippen molar-refractivity contribution in [3.05, 3.63) is 0 Å². The SMILES string of the molecule is CC1CCC(N(CC2CCCO2)C(=O)C2CCC(N)C2)CC1.Cl. The summed E-state index contributed by atoms with van der Waals surface area (Å²) in [6.45, 7) is 4.00. The monoisotopic (exact) mass is 344 g/mol. The van der Waals surface area contributed by atoms with Gasteiger partial charge in [-0.15, -0.1) is 12.4 Å². The Morgan fingerprint density at radius 2 is 1.87 bits per heavy atom. The van der Waals surface area contributed by atoms with Crippen molar-refractivity contribution >= 4 is 18.3 Å². The van der Waals surface area contributed by atoms with E-state index in [-0.39, 0.29) is 30.5 Å². The van der Waals surface area contributed by atoms with Crippen molar-refractivity contribution < 1.29 is 9.53 Å². The highest BCUT2D eigenvalue weighted by atomic mass is 35.5. The number of halogens is 1. The number of nitrogens with zero attached hydrogens (tertiary/aromatic N) is 1. The van der Waals surface area contributed by atoms with Gasteiger partial charge in [0.1, 0.15) is 0 Å². The second-order valence-corrected chi connectivity index (χ2v) is 7.81. The molecule has 0 radical (unpaired) electrons. The molecular weight excluding hydrogens is 312 g/mol. The molecule has 0 bridgehead atoms. The summed E-state index contributed by atoms with van der Waals surface area (Å²) in [4.78, 5) is 15.3. The summed E-state index contributed by atoms with van der Waals surface area (Å²) in [5, 5.41) is 0. The third-order valence-corrected chi connectivity index (χ3v) is 5.96. The molecule has 2 saturated carbocycles. The molecule has 5 heteroatoms. The Labute approximate surface area is 146 Å². The Morgan fingerprint density at radius 3 is 2.43 bits per heavy atom. The molecule has 3 rings (SSSR count). The lowest BCUT2D eigenvalue weighted by atomic mass is 9.86. The van der Waals surface area contributed by atoms with Crippen molar-refractivity contribution in [3.63, 3.8) is 0 Å².